The molecule has 0 saturated carbocycles. The maximum Gasteiger partial charge on any atom is 0.336 e. The molecule has 0 radical (unpaired) electrons. The minimum absolute atomic E-state index is 0.257. The molecule has 3 unspecified atom stereocenters. The van der Waals surface area contributed by atoms with E-state index in [1.807, 2.05) is 56.2 Å². The molecule has 0 amide bonds. The third-order valence-electron chi connectivity index (χ3n) is 6.66. The molecule has 12 heteroatoms. The number of likely N-dealkylation sites (N-methyl/N-ethyl adjacent to an activating group) is 3. The molecule has 3 atom stereocenters. The van der Waals surface area contributed by atoms with Gasteiger partial charge in [-0.15, -0.1) is 0 Å². The Morgan fingerprint density at radius 3 is 0.861 bits per heavy atom. The van der Waals surface area contributed by atoms with Gasteiger partial charge in [0.15, 0.2) is 0 Å². The first-order chi connectivity index (χ1) is 17.1. The SMILES string of the molecule is CCN(CC)CC(O)Cn1c(=O)n(CC(O)CN(CC)CC)c(=O)n(CC(O)CN(CC)CC)c1=O. The number of hydrogen-bond acceptors (Lipinski definition) is 9. The fraction of sp³-hybridized carbons (Fsp3) is 0.875. The van der Waals surface area contributed by atoms with E-state index in [0.717, 1.165) is 13.7 Å². The van der Waals surface area contributed by atoms with E-state index in [-0.39, 0.29) is 39.3 Å². The summed E-state index contributed by atoms with van der Waals surface area (Å²) in [4.78, 5) is 45.6. The lowest BCUT2D eigenvalue weighted by molar-refractivity contribution is 0.0850. The van der Waals surface area contributed by atoms with Crippen molar-refractivity contribution >= 4 is 0 Å². The van der Waals surface area contributed by atoms with Crippen LogP contribution < -0.4 is 17.1 Å². The zero-order chi connectivity index (χ0) is 27.4. The van der Waals surface area contributed by atoms with E-state index in [4.69, 9.17) is 0 Å². The first-order valence-electron chi connectivity index (χ1n) is 13.2. The summed E-state index contributed by atoms with van der Waals surface area (Å²) in [5, 5.41) is 31.8. The van der Waals surface area contributed by atoms with Gasteiger partial charge in [0.25, 0.3) is 0 Å². The van der Waals surface area contributed by atoms with Crippen LogP contribution in [0.15, 0.2) is 14.4 Å². The molecule has 1 aromatic rings. The molecular weight excluding hydrogens is 468 g/mol. The average Bonchev–Trinajstić information content (AvgIpc) is 2.87. The number of rotatable bonds is 18. The Labute approximate surface area is 214 Å². The van der Waals surface area contributed by atoms with Gasteiger partial charge in [-0.3, -0.25) is 0 Å². The van der Waals surface area contributed by atoms with Crippen LogP contribution in [0.1, 0.15) is 41.5 Å². The molecule has 0 aliphatic rings. The van der Waals surface area contributed by atoms with Crippen molar-refractivity contribution in [2.24, 2.45) is 0 Å². The molecule has 1 heterocycles. The molecule has 0 aliphatic heterocycles. The zero-order valence-corrected chi connectivity index (χ0v) is 23.0. The third-order valence-corrected chi connectivity index (χ3v) is 6.66. The third kappa shape index (κ3) is 9.24. The van der Waals surface area contributed by atoms with Crippen molar-refractivity contribution < 1.29 is 15.3 Å². The Bertz CT molecular complexity index is 783. The lowest BCUT2D eigenvalue weighted by Crippen LogP contribution is -2.58. The van der Waals surface area contributed by atoms with Crippen molar-refractivity contribution in [2.75, 3.05) is 58.9 Å². The summed E-state index contributed by atoms with van der Waals surface area (Å²) in [5.41, 5.74) is -2.63. The van der Waals surface area contributed by atoms with Crippen molar-refractivity contribution in [1.82, 2.24) is 28.4 Å². The van der Waals surface area contributed by atoms with E-state index < -0.39 is 35.4 Å². The summed E-state index contributed by atoms with van der Waals surface area (Å²) in [5.74, 6) is 0. The smallest absolute Gasteiger partial charge is 0.336 e. The van der Waals surface area contributed by atoms with Crippen LogP contribution in [-0.2, 0) is 19.6 Å². The van der Waals surface area contributed by atoms with Crippen molar-refractivity contribution in [3.63, 3.8) is 0 Å². The lowest BCUT2D eigenvalue weighted by Gasteiger charge is -2.25. The molecule has 0 aliphatic carbocycles. The zero-order valence-electron chi connectivity index (χ0n) is 23.0. The van der Waals surface area contributed by atoms with E-state index in [1.165, 1.54) is 0 Å². The summed E-state index contributed by atoms with van der Waals surface area (Å²) < 4.78 is 2.51. The second kappa shape index (κ2) is 16.1. The summed E-state index contributed by atoms with van der Waals surface area (Å²) in [6.45, 7) is 15.7. The van der Waals surface area contributed by atoms with Gasteiger partial charge in [-0.2, -0.15) is 0 Å². The van der Waals surface area contributed by atoms with Gasteiger partial charge in [-0.05, 0) is 39.3 Å². The summed E-state index contributed by atoms with van der Waals surface area (Å²) in [6.07, 6.45) is -3.05. The number of nitrogens with zero attached hydrogens (tertiary/aromatic N) is 6. The van der Waals surface area contributed by atoms with Crippen LogP contribution in [0, 0.1) is 0 Å². The normalized spacial score (nSPS) is 14.7. The highest BCUT2D eigenvalue weighted by atomic mass is 16.3. The van der Waals surface area contributed by atoms with Crippen LogP contribution in [0.3, 0.4) is 0 Å². The van der Waals surface area contributed by atoms with E-state index in [0.29, 0.717) is 39.3 Å². The molecular formula is C24H48N6O6. The van der Waals surface area contributed by atoms with Gasteiger partial charge < -0.3 is 30.0 Å². The largest absolute Gasteiger partial charge is 0.390 e. The van der Waals surface area contributed by atoms with Gasteiger partial charge in [0.05, 0.1) is 37.9 Å². The molecule has 0 bridgehead atoms. The maximum absolute atomic E-state index is 13.2. The Morgan fingerprint density at radius 1 is 0.500 bits per heavy atom. The molecule has 0 spiro atoms. The van der Waals surface area contributed by atoms with Gasteiger partial charge in [0.2, 0.25) is 0 Å². The molecule has 1 rings (SSSR count). The van der Waals surface area contributed by atoms with Crippen molar-refractivity contribution in [1.29, 1.82) is 0 Å². The topological polar surface area (TPSA) is 136 Å². The molecule has 1 aromatic heterocycles. The van der Waals surface area contributed by atoms with Gasteiger partial charge in [-0.1, -0.05) is 41.5 Å². The van der Waals surface area contributed by atoms with Crippen molar-refractivity contribution in [3.05, 3.63) is 31.5 Å². The Hall–Kier alpha value is -1.83. The fourth-order valence-electron chi connectivity index (χ4n) is 4.30. The first-order valence-corrected chi connectivity index (χ1v) is 13.2. The molecule has 0 saturated heterocycles. The Kier molecular flexibility index (Phi) is 14.4. The second-order valence-electron chi connectivity index (χ2n) is 9.10. The van der Waals surface area contributed by atoms with Crippen LogP contribution in [0.25, 0.3) is 0 Å². The average molecular weight is 517 g/mol. The van der Waals surface area contributed by atoms with E-state index in [9.17, 15) is 29.7 Å². The van der Waals surface area contributed by atoms with Crippen LogP contribution in [-0.4, -0.2) is 121 Å². The van der Waals surface area contributed by atoms with E-state index >= 15 is 0 Å². The molecule has 12 nitrogen and oxygen atoms in total. The second-order valence-corrected chi connectivity index (χ2v) is 9.10. The fourth-order valence-corrected chi connectivity index (χ4v) is 4.30. The number of hydrogen-bond donors (Lipinski definition) is 3. The molecule has 36 heavy (non-hydrogen) atoms. The van der Waals surface area contributed by atoms with Crippen molar-refractivity contribution in [2.45, 2.75) is 79.5 Å². The minimum atomic E-state index is -1.02. The molecule has 0 fully saturated rings. The van der Waals surface area contributed by atoms with Gasteiger partial charge in [-0.25, -0.2) is 28.1 Å². The van der Waals surface area contributed by atoms with Crippen LogP contribution >= 0.6 is 0 Å². The molecule has 3 N–H and O–H groups in total. The van der Waals surface area contributed by atoms with Gasteiger partial charge in [0, 0.05) is 19.6 Å². The highest BCUT2D eigenvalue weighted by molar-refractivity contribution is 4.83. The predicted octanol–water partition coefficient (Wildman–Crippen LogP) is -1.72. The molecule has 210 valence electrons. The van der Waals surface area contributed by atoms with Gasteiger partial charge in [0.1, 0.15) is 0 Å². The van der Waals surface area contributed by atoms with E-state index in [1.54, 1.807) is 0 Å². The minimum Gasteiger partial charge on any atom is -0.390 e. The van der Waals surface area contributed by atoms with E-state index in [2.05, 4.69) is 0 Å². The Balaban J connectivity index is 3.45. The standard InChI is InChI=1S/C24H48N6O6/c1-7-25(8-2)13-19(31)16-28-22(34)29(17-20(32)14-26(9-3)10-4)24(36)30(23(28)35)18-21(33)15-27(11-5)12-6/h19-21,31-33H,7-18H2,1-6H3. The Morgan fingerprint density at radius 2 is 0.694 bits per heavy atom. The first kappa shape index (κ1) is 32.2. The highest BCUT2D eigenvalue weighted by Gasteiger charge is 2.23. The number of aromatic nitrogens is 3. The van der Waals surface area contributed by atoms with Crippen LogP contribution in [0.4, 0.5) is 0 Å². The number of aliphatic hydroxyl groups excluding tert-OH is 3. The van der Waals surface area contributed by atoms with Crippen LogP contribution in [0.5, 0.6) is 0 Å². The number of aliphatic hydroxyl groups is 3. The monoisotopic (exact) mass is 516 g/mol. The predicted molar refractivity (Wildman–Crippen MR) is 141 cm³/mol. The lowest BCUT2D eigenvalue weighted by atomic mass is 10.3. The van der Waals surface area contributed by atoms with Crippen LogP contribution in [0.2, 0.25) is 0 Å². The summed E-state index contributed by atoms with van der Waals surface area (Å²) in [7, 11) is 0. The van der Waals surface area contributed by atoms with Gasteiger partial charge >= 0.3 is 17.1 Å². The van der Waals surface area contributed by atoms with Crippen molar-refractivity contribution in [3.8, 4) is 0 Å². The molecule has 0 aromatic carbocycles. The quantitative estimate of drug-likeness (QED) is 0.208. The maximum atomic E-state index is 13.2. The summed E-state index contributed by atoms with van der Waals surface area (Å²) >= 11 is 0. The summed E-state index contributed by atoms with van der Waals surface area (Å²) in [6, 6.07) is 0. The highest BCUT2D eigenvalue weighted by Crippen LogP contribution is 1.98.